The highest BCUT2D eigenvalue weighted by Crippen LogP contribution is 2.31. The summed E-state index contributed by atoms with van der Waals surface area (Å²) in [6.07, 6.45) is 0. The number of hydrogen-bond donors (Lipinski definition) is 2. The van der Waals surface area contributed by atoms with Gasteiger partial charge in [-0.15, -0.1) is 0 Å². The molecule has 0 unspecified atom stereocenters. The number of aromatic nitrogens is 3. The van der Waals surface area contributed by atoms with Crippen molar-refractivity contribution in [3.63, 3.8) is 0 Å². The van der Waals surface area contributed by atoms with E-state index in [1.165, 1.54) is 0 Å². The molecule has 6 nitrogen and oxygen atoms in total. The van der Waals surface area contributed by atoms with Crippen molar-refractivity contribution in [1.82, 2.24) is 15.2 Å². The summed E-state index contributed by atoms with van der Waals surface area (Å²) >= 11 is 0. The predicted octanol–water partition coefficient (Wildman–Crippen LogP) is 2.10. The van der Waals surface area contributed by atoms with Crippen LogP contribution in [0.15, 0.2) is 29.3 Å². The minimum Gasteiger partial charge on any atom is -0.382 e. The number of anilines is 1. The second-order valence-electron chi connectivity index (χ2n) is 5.18. The van der Waals surface area contributed by atoms with Crippen LogP contribution in [0.25, 0.3) is 22.3 Å². The first-order valence-electron chi connectivity index (χ1n) is 6.77. The van der Waals surface area contributed by atoms with Crippen LogP contribution in [0.1, 0.15) is 0 Å². The standard InChI is InChI=1S/C14H10F2N4O2S/c15-8-5-7-12(6-9(8)16)19-20-13(7)10-1-2-11-14(18-10)23(21,22)4-3-17-11/h1-2,5-6,17H,3-4H2,(H,19,20). The van der Waals surface area contributed by atoms with Gasteiger partial charge in [-0.1, -0.05) is 0 Å². The van der Waals surface area contributed by atoms with Crippen molar-refractivity contribution < 1.29 is 17.2 Å². The fourth-order valence-corrected chi connectivity index (χ4v) is 3.84. The van der Waals surface area contributed by atoms with Crippen LogP contribution < -0.4 is 5.32 Å². The van der Waals surface area contributed by atoms with Gasteiger partial charge in [0.1, 0.15) is 5.69 Å². The van der Waals surface area contributed by atoms with Gasteiger partial charge in [0.15, 0.2) is 26.5 Å². The normalized spacial score (nSPS) is 16.1. The van der Waals surface area contributed by atoms with Crippen LogP contribution in [-0.4, -0.2) is 35.9 Å². The van der Waals surface area contributed by atoms with Crippen molar-refractivity contribution >= 4 is 26.4 Å². The molecule has 1 aromatic carbocycles. The first-order valence-corrected chi connectivity index (χ1v) is 8.42. The van der Waals surface area contributed by atoms with E-state index in [2.05, 4.69) is 20.5 Å². The molecule has 0 saturated heterocycles. The van der Waals surface area contributed by atoms with Gasteiger partial charge < -0.3 is 5.32 Å². The maximum Gasteiger partial charge on any atom is 0.199 e. The molecule has 9 heteroatoms. The first kappa shape index (κ1) is 14.1. The van der Waals surface area contributed by atoms with Gasteiger partial charge in [0, 0.05) is 18.0 Å². The van der Waals surface area contributed by atoms with E-state index in [1.807, 2.05) is 0 Å². The number of halogens is 2. The van der Waals surface area contributed by atoms with Gasteiger partial charge in [0.05, 0.1) is 22.7 Å². The summed E-state index contributed by atoms with van der Waals surface area (Å²) in [6.45, 7) is 0.326. The lowest BCUT2D eigenvalue weighted by Crippen LogP contribution is -2.24. The lowest BCUT2D eigenvalue weighted by atomic mass is 10.1. The number of benzene rings is 1. The molecule has 0 spiro atoms. The van der Waals surface area contributed by atoms with Crippen molar-refractivity contribution in [3.8, 4) is 11.4 Å². The molecule has 1 aliphatic rings. The Kier molecular flexibility index (Phi) is 2.89. The van der Waals surface area contributed by atoms with Crippen LogP contribution in [0.3, 0.4) is 0 Å². The molecule has 4 rings (SSSR count). The van der Waals surface area contributed by atoms with E-state index in [0.717, 1.165) is 12.1 Å². The Labute approximate surface area is 129 Å². The molecule has 2 aromatic heterocycles. The van der Waals surface area contributed by atoms with Gasteiger partial charge in [-0.2, -0.15) is 5.10 Å². The Balaban J connectivity index is 1.94. The van der Waals surface area contributed by atoms with Crippen LogP contribution >= 0.6 is 0 Å². The van der Waals surface area contributed by atoms with Crippen LogP contribution in [-0.2, 0) is 9.84 Å². The molecule has 3 aromatic rings. The summed E-state index contributed by atoms with van der Waals surface area (Å²) in [5, 5.41) is 9.84. The first-order chi connectivity index (χ1) is 11.0. The average Bonchev–Trinajstić information content (AvgIpc) is 2.90. The number of fused-ring (bicyclic) bond motifs is 2. The Morgan fingerprint density at radius 2 is 1.91 bits per heavy atom. The van der Waals surface area contributed by atoms with Crippen molar-refractivity contribution in [2.45, 2.75) is 5.03 Å². The number of hydrogen-bond acceptors (Lipinski definition) is 5. The van der Waals surface area contributed by atoms with Crippen LogP contribution in [0.5, 0.6) is 0 Å². The van der Waals surface area contributed by atoms with Crippen LogP contribution in [0, 0.1) is 11.6 Å². The SMILES string of the molecule is O=S1(=O)CCNc2ccc(-c3n[nH]c4cc(F)c(F)cc34)nc21. The van der Waals surface area contributed by atoms with E-state index >= 15 is 0 Å². The van der Waals surface area contributed by atoms with Gasteiger partial charge in [0.25, 0.3) is 0 Å². The highest BCUT2D eigenvalue weighted by molar-refractivity contribution is 7.91. The number of rotatable bonds is 1. The van der Waals surface area contributed by atoms with Crippen molar-refractivity contribution in [3.05, 3.63) is 35.9 Å². The van der Waals surface area contributed by atoms with E-state index in [4.69, 9.17) is 0 Å². The zero-order valence-corrected chi connectivity index (χ0v) is 12.4. The lowest BCUT2D eigenvalue weighted by molar-refractivity contribution is 0.511. The van der Waals surface area contributed by atoms with E-state index in [0.29, 0.717) is 23.1 Å². The molecule has 0 atom stereocenters. The molecule has 0 aliphatic carbocycles. The smallest absolute Gasteiger partial charge is 0.199 e. The second-order valence-corrected chi connectivity index (χ2v) is 7.20. The van der Waals surface area contributed by atoms with Gasteiger partial charge in [0.2, 0.25) is 0 Å². The van der Waals surface area contributed by atoms with Gasteiger partial charge in [-0.3, -0.25) is 5.10 Å². The molecule has 1 aliphatic heterocycles. The molecule has 118 valence electrons. The molecular weight excluding hydrogens is 326 g/mol. The third-order valence-electron chi connectivity index (χ3n) is 3.69. The maximum atomic E-state index is 13.5. The number of H-pyrrole nitrogens is 1. The number of nitrogens with zero attached hydrogens (tertiary/aromatic N) is 2. The maximum absolute atomic E-state index is 13.5. The van der Waals surface area contributed by atoms with Gasteiger partial charge in [-0.25, -0.2) is 22.2 Å². The highest BCUT2D eigenvalue weighted by Gasteiger charge is 2.26. The molecular formula is C14H10F2N4O2S. The fourth-order valence-electron chi connectivity index (χ4n) is 2.57. The summed E-state index contributed by atoms with van der Waals surface area (Å²) in [5.74, 6) is -2.04. The quantitative estimate of drug-likeness (QED) is 0.710. The predicted molar refractivity (Wildman–Crippen MR) is 79.8 cm³/mol. The Morgan fingerprint density at radius 3 is 2.74 bits per heavy atom. The molecule has 0 bridgehead atoms. The zero-order valence-electron chi connectivity index (χ0n) is 11.6. The second kappa shape index (κ2) is 4.72. The zero-order chi connectivity index (χ0) is 16.2. The largest absolute Gasteiger partial charge is 0.382 e. The van der Waals surface area contributed by atoms with Crippen molar-refractivity contribution in [2.75, 3.05) is 17.6 Å². The molecule has 0 saturated carbocycles. The third kappa shape index (κ3) is 2.15. The molecule has 2 N–H and O–H groups in total. The van der Waals surface area contributed by atoms with Gasteiger partial charge in [-0.05, 0) is 18.2 Å². The summed E-state index contributed by atoms with van der Waals surface area (Å²) in [4.78, 5) is 4.16. The molecule has 0 fully saturated rings. The molecule has 0 amide bonds. The van der Waals surface area contributed by atoms with E-state index < -0.39 is 21.5 Å². The minimum atomic E-state index is -3.47. The Hall–Kier alpha value is -2.55. The molecule has 23 heavy (non-hydrogen) atoms. The lowest BCUT2D eigenvalue weighted by Gasteiger charge is -2.17. The van der Waals surface area contributed by atoms with Crippen LogP contribution in [0.2, 0.25) is 0 Å². The number of sulfone groups is 1. The van der Waals surface area contributed by atoms with Crippen LogP contribution in [0.4, 0.5) is 14.5 Å². The third-order valence-corrected chi connectivity index (χ3v) is 5.33. The number of nitrogens with one attached hydrogen (secondary N) is 2. The minimum absolute atomic E-state index is 0.0440. The van der Waals surface area contributed by atoms with E-state index in [1.54, 1.807) is 12.1 Å². The highest BCUT2D eigenvalue weighted by atomic mass is 32.2. The summed E-state index contributed by atoms with van der Waals surface area (Å²) in [6, 6.07) is 5.19. The number of pyridine rings is 1. The fraction of sp³-hybridized carbons (Fsp3) is 0.143. The van der Waals surface area contributed by atoms with Crippen molar-refractivity contribution in [2.24, 2.45) is 0 Å². The summed E-state index contributed by atoms with van der Waals surface area (Å²) < 4.78 is 51.0. The molecule has 3 heterocycles. The Bertz CT molecular complexity index is 1050. The summed E-state index contributed by atoms with van der Waals surface area (Å²) in [7, 11) is -3.47. The number of aromatic amines is 1. The molecule has 0 radical (unpaired) electrons. The topological polar surface area (TPSA) is 87.7 Å². The monoisotopic (exact) mass is 336 g/mol. The summed E-state index contributed by atoms with van der Waals surface area (Å²) in [5.41, 5.74) is 1.27. The Morgan fingerprint density at radius 1 is 1.13 bits per heavy atom. The van der Waals surface area contributed by atoms with E-state index in [-0.39, 0.29) is 22.2 Å². The van der Waals surface area contributed by atoms with Gasteiger partial charge >= 0.3 is 0 Å². The average molecular weight is 336 g/mol. The van der Waals surface area contributed by atoms with E-state index in [9.17, 15) is 17.2 Å². The van der Waals surface area contributed by atoms with Crippen molar-refractivity contribution in [1.29, 1.82) is 0 Å².